The van der Waals surface area contributed by atoms with Gasteiger partial charge in [-0.25, -0.2) is 0 Å². The van der Waals surface area contributed by atoms with E-state index in [9.17, 15) is 4.79 Å². The number of hydrogen-bond donors (Lipinski definition) is 3. The minimum atomic E-state index is -0.293. The maximum Gasteiger partial charge on any atom is 0.269 e. The molecule has 2 aromatic carbocycles. The molecule has 0 fully saturated rings. The highest BCUT2D eigenvalue weighted by Gasteiger charge is 2.05. The number of amides is 1. The van der Waals surface area contributed by atoms with E-state index < -0.39 is 0 Å². The molecule has 0 atom stereocenters. The summed E-state index contributed by atoms with van der Waals surface area (Å²) in [7, 11) is 0. The summed E-state index contributed by atoms with van der Waals surface area (Å²) in [6.07, 6.45) is 0. The Kier molecular flexibility index (Phi) is 4.92. The monoisotopic (exact) mass is 305 g/mol. The van der Waals surface area contributed by atoms with Gasteiger partial charge in [0.2, 0.25) is 0 Å². The third-order valence-electron chi connectivity index (χ3n) is 2.43. The van der Waals surface area contributed by atoms with Gasteiger partial charge in [-0.05, 0) is 48.6 Å². The Labute approximate surface area is 127 Å². The van der Waals surface area contributed by atoms with Crippen molar-refractivity contribution < 1.29 is 4.79 Å². The van der Waals surface area contributed by atoms with Crippen molar-refractivity contribution in [2.24, 2.45) is 0 Å². The van der Waals surface area contributed by atoms with Gasteiger partial charge in [0.15, 0.2) is 5.11 Å². The summed E-state index contributed by atoms with van der Waals surface area (Å²) in [4.78, 5) is 11.8. The Hall–Kier alpha value is -2.11. The molecule has 2 aromatic rings. The van der Waals surface area contributed by atoms with Crippen molar-refractivity contribution >= 4 is 40.5 Å². The highest BCUT2D eigenvalue weighted by Crippen LogP contribution is 2.09. The number of hydrazine groups is 1. The van der Waals surface area contributed by atoms with Gasteiger partial charge >= 0.3 is 0 Å². The molecule has 0 aliphatic heterocycles. The van der Waals surface area contributed by atoms with Crippen LogP contribution in [0, 0.1) is 0 Å². The molecule has 0 aliphatic rings. The lowest BCUT2D eigenvalue weighted by Crippen LogP contribution is -2.43. The van der Waals surface area contributed by atoms with Crippen LogP contribution in [0.5, 0.6) is 0 Å². The van der Waals surface area contributed by atoms with Crippen LogP contribution in [0.4, 0.5) is 5.69 Å². The maximum atomic E-state index is 11.8. The van der Waals surface area contributed by atoms with Crippen molar-refractivity contribution in [3.8, 4) is 0 Å². The third kappa shape index (κ3) is 4.22. The molecule has 102 valence electrons. The number of halogens is 1. The topological polar surface area (TPSA) is 53.2 Å². The van der Waals surface area contributed by atoms with E-state index in [-0.39, 0.29) is 5.91 Å². The van der Waals surface area contributed by atoms with Crippen LogP contribution in [-0.2, 0) is 0 Å². The first-order valence-corrected chi connectivity index (χ1v) is 6.62. The van der Waals surface area contributed by atoms with E-state index in [1.54, 1.807) is 24.3 Å². The van der Waals surface area contributed by atoms with E-state index in [2.05, 4.69) is 16.2 Å². The summed E-state index contributed by atoms with van der Waals surface area (Å²) in [6, 6.07) is 16.0. The molecule has 4 nitrogen and oxygen atoms in total. The number of benzene rings is 2. The van der Waals surface area contributed by atoms with Crippen molar-refractivity contribution in [3.63, 3.8) is 0 Å². The molecule has 0 spiro atoms. The number of hydrogen-bond acceptors (Lipinski definition) is 2. The molecule has 0 radical (unpaired) electrons. The van der Waals surface area contributed by atoms with Crippen LogP contribution in [0.3, 0.4) is 0 Å². The second-order valence-corrected chi connectivity index (χ2v) is 4.75. The smallest absolute Gasteiger partial charge is 0.269 e. The Balaban J connectivity index is 1.84. The third-order valence-corrected chi connectivity index (χ3v) is 2.88. The lowest BCUT2D eigenvalue weighted by molar-refractivity contribution is 0.0944. The second-order valence-electron chi connectivity index (χ2n) is 3.91. The summed E-state index contributed by atoms with van der Waals surface area (Å²) in [5.41, 5.74) is 6.46. The fraction of sp³-hybridized carbons (Fsp3) is 0. The van der Waals surface area contributed by atoms with E-state index in [0.29, 0.717) is 15.7 Å². The van der Waals surface area contributed by atoms with Crippen LogP contribution in [0.2, 0.25) is 5.02 Å². The van der Waals surface area contributed by atoms with Gasteiger partial charge in [0, 0.05) is 16.3 Å². The van der Waals surface area contributed by atoms with Gasteiger partial charge in [-0.15, -0.1) is 0 Å². The van der Waals surface area contributed by atoms with Crippen LogP contribution in [0.1, 0.15) is 10.4 Å². The molecule has 0 saturated carbocycles. The van der Waals surface area contributed by atoms with Gasteiger partial charge in [0.25, 0.3) is 5.91 Å². The highest BCUT2D eigenvalue weighted by atomic mass is 35.5. The molecule has 6 heteroatoms. The van der Waals surface area contributed by atoms with Crippen molar-refractivity contribution in [1.29, 1.82) is 0 Å². The number of carbonyl (C=O) groups is 1. The van der Waals surface area contributed by atoms with Crippen LogP contribution >= 0.6 is 23.8 Å². The van der Waals surface area contributed by atoms with Crippen LogP contribution in [0.15, 0.2) is 54.6 Å². The Morgan fingerprint density at radius 3 is 2.25 bits per heavy atom. The standard InChI is InChI=1S/C14H12ClN3OS/c15-11-8-6-10(7-9-11)13(19)17-18-14(20)16-12-4-2-1-3-5-12/h1-9H,(H,17,19)(H2,16,18,20). The molecule has 0 unspecified atom stereocenters. The molecule has 0 aromatic heterocycles. The zero-order valence-electron chi connectivity index (χ0n) is 10.4. The number of rotatable bonds is 2. The Morgan fingerprint density at radius 1 is 0.950 bits per heavy atom. The van der Waals surface area contributed by atoms with Crippen molar-refractivity contribution in [1.82, 2.24) is 10.9 Å². The first-order valence-electron chi connectivity index (χ1n) is 5.83. The first kappa shape index (κ1) is 14.3. The average molecular weight is 306 g/mol. The zero-order chi connectivity index (χ0) is 14.4. The number of thiocarbonyl (C=S) groups is 1. The van der Waals surface area contributed by atoms with Gasteiger partial charge < -0.3 is 5.32 Å². The predicted molar refractivity (Wildman–Crippen MR) is 84.7 cm³/mol. The van der Waals surface area contributed by atoms with Crippen molar-refractivity contribution in [3.05, 3.63) is 65.2 Å². The number of anilines is 1. The van der Waals surface area contributed by atoms with Crippen molar-refractivity contribution in [2.45, 2.75) is 0 Å². The fourth-order valence-corrected chi connectivity index (χ4v) is 1.77. The van der Waals surface area contributed by atoms with Crippen molar-refractivity contribution in [2.75, 3.05) is 5.32 Å². The summed E-state index contributed by atoms with van der Waals surface area (Å²) in [5, 5.41) is 3.83. The van der Waals surface area contributed by atoms with Gasteiger partial charge in [-0.2, -0.15) is 0 Å². The molecule has 20 heavy (non-hydrogen) atoms. The number of carbonyl (C=O) groups excluding carboxylic acids is 1. The van der Waals surface area contributed by atoms with Crippen LogP contribution in [0.25, 0.3) is 0 Å². The molecular weight excluding hydrogens is 294 g/mol. The van der Waals surface area contributed by atoms with E-state index >= 15 is 0 Å². The van der Waals surface area contributed by atoms with E-state index in [1.807, 2.05) is 30.3 Å². The van der Waals surface area contributed by atoms with E-state index in [1.165, 1.54) is 0 Å². The molecule has 2 rings (SSSR count). The average Bonchev–Trinajstić information content (AvgIpc) is 2.46. The van der Waals surface area contributed by atoms with Gasteiger partial charge in [-0.1, -0.05) is 29.8 Å². The molecule has 1 amide bonds. The van der Waals surface area contributed by atoms with Gasteiger partial charge in [0.05, 0.1) is 0 Å². The molecular formula is C14H12ClN3OS. The highest BCUT2D eigenvalue weighted by molar-refractivity contribution is 7.80. The quantitative estimate of drug-likeness (QED) is 0.590. The summed E-state index contributed by atoms with van der Waals surface area (Å²) >= 11 is 10.8. The number of para-hydroxylation sites is 1. The van der Waals surface area contributed by atoms with Gasteiger partial charge in [0.1, 0.15) is 0 Å². The van der Waals surface area contributed by atoms with E-state index in [0.717, 1.165) is 5.69 Å². The Morgan fingerprint density at radius 2 is 1.60 bits per heavy atom. The molecule has 0 saturated heterocycles. The molecule has 0 aliphatic carbocycles. The lowest BCUT2D eigenvalue weighted by Gasteiger charge is -2.11. The minimum absolute atomic E-state index is 0.293. The fourth-order valence-electron chi connectivity index (χ4n) is 1.47. The number of nitrogens with one attached hydrogen (secondary N) is 3. The molecule has 0 heterocycles. The van der Waals surface area contributed by atoms with Crippen LogP contribution < -0.4 is 16.2 Å². The minimum Gasteiger partial charge on any atom is -0.331 e. The SMILES string of the molecule is O=C(NNC(=S)Nc1ccccc1)c1ccc(Cl)cc1. The molecule has 3 N–H and O–H groups in total. The predicted octanol–water partition coefficient (Wildman–Crippen LogP) is 2.97. The normalized spacial score (nSPS) is 9.65. The summed E-state index contributed by atoms with van der Waals surface area (Å²) in [6.45, 7) is 0. The zero-order valence-corrected chi connectivity index (χ0v) is 12.0. The lowest BCUT2D eigenvalue weighted by atomic mass is 10.2. The largest absolute Gasteiger partial charge is 0.331 e. The summed E-state index contributed by atoms with van der Waals surface area (Å²) < 4.78 is 0. The van der Waals surface area contributed by atoms with E-state index in [4.69, 9.17) is 23.8 Å². The second kappa shape index (κ2) is 6.88. The van der Waals surface area contributed by atoms with Crippen LogP contribution in [-0.4, -0.2) is 11.0 Å². The van der Waals surface area contributed by atoms with Gasteiger partial charge in [-0.3, -0.25) is 15.6 Å². The summed E-state index contributed by atoms with van der Waals surface area (Å²) in [5.74, 6) is -0.293. The first-order chi connectivity index (χ1) is 9.65. The maximum absolute atomic E-state index is 11.8. The Bertz CT molecular complexity index is 602. The molecule has 0 bridgehead atoms.